The van der Waals surface area contributed by atoms with Crippen LogP contribution < -0.4 is 10.0 Å². The highest BCUT2D eigenvalue weighted by atomic mass is 32.2. The number of carbonyl (C=O) groups is 1. The Bertz CT molecular complexity index is 1220. The third-order valence-electron chi connectivity index (χ3n) is 4.33. The number of hydrogen-bond acceptors (Lipinski definition) is 3. The molecule has 0 fully saturated rings. The minimum absolute atomic E-state index is 0.0170. The van der Waals surface area contributed by atoms with Gasteiger partial charge in [0.15, 0.2) is 0 Å². The number of anilines is 2. The molecule has 0 spiro atoms. The summed E-state index contributed by atoms with van der Waals surface area (Å²) in [5, 5.41) is 2.44. The molecule has 0 aromatic heterocycles. The van der Waals surface area contributed by atoms with E-state index in [0.29, 0.717) is 11.1 Å². The van der Waals surface area contributed by atoms with Gasteiger partial charge in [-0.2, -0.15) is 13.2 Å². The second-order valence-electron chi connectivity index (χ2n) is 7.04. The van der Waals surface area contributed by atoms with Gasteiger partial charge in [-0.15, -0.1) is 0 Å². The number of halogens is 3. The molecule has 2 N–H and O–H groups in total. The molecule has 0 radical (unpaired) electrons. The average Bonchev–Trinajstić information content (AvgIpc) is 2.66. The molecule has 0 atom stereocenters. The first kappa shape index (κ1) is 22.4. The van der Waals surface area contributed by atoms with Crippen molar-refractivity contribution in [2.45, 2.75) is 13.1 Å². The molecule has 0 aliphatic heterocycles. The Hall–Kier alpha value is -3.33. The Morgan fingerprint density at radius 3 is 2.19 bits per heavy atom. The molecule has 0 aliphatic rings. The van der Waals surface area contributed by atoms with E-state index in [4.69, 9.17) is 0 Å². The Balaban J connectivity index is 2.03. The van der Waals surface area contributed by atoms with Gasteiger partial charge >= 0.3 is 6.18 Å². The van der Waals surface area contributed by atoms with Crippen molar-refractivity contribution >= 4 is 27.3 Å². The molecule has 0 saturated heterocycles. The van der Waals surface area contributed by atoms with Crippen molar-refractivity contribution in [3.8, 4) is 11.1 Å². The van der Waals surface area contributed by atoms with E-state index in [0.717, 1.165) is 24.0 Å². The molecule has 0 heterocycles. The molecule has 3 rings (SSSR count). The number of aryl methyl sites for hydroxylation is 1. The molecule has 3 aromatic carbocycles. The number of nitrogens with one attached hydrogen (secondary N) is 2. The predicted octanol–water partition coefficient (Wildman–Crippen LogP) is 5.30. The number of amides is 1. The normalized spacial score (nSPS) is 11.8. The lowest BCUT2D eigenvalue weighted by Gasteiger charge is -2.15. The highest BCUT2D eigenvalue weighted by Crippen LogP contribution is 2.32. The van der Waals surface area contributed by atoms with Gasteiger partial charge in [-0.25, -0.2) is 8.42 Å². The maximum Gasteiger partial charge on any atom is 0.416 e. The molecule has 5 nitrogen and oxygen atoms in total. The van der Waals surface area contributed by atoms with Crippen LogP contribution in [0.3, 0.4) is 0 Å². The maximum absolute atomic E-state index is 13.1. The molecule has 0 saturated carbocycles. The summed E-state index contributed by atoms with van der Waals surface area (Å²) in [6.45, 7) is 1.48. The summed E-state index contributed by atoms with van der Waals surface area (Å²) in [5.41, 5.74) is 0.799. The summed E-state index contributed by atoms with van der Waals surface area (Å²) in [7, 11) is -3.70. The third kappa shape index (κ3) is 5.85. The molecule has 9 heteroatoms. The van der Waals surface area contributed by atoms with Gasteiger partial charge in [0.2, 0.25) is 10.0 Å². The Labute approximate surface area is 178 Å². The maximum atomic E-state index is 13.1. The van der Waals surface area contributed by atoms with Gasteiger partial charge in [0, 0.05) is 5.69 Å². The molecule has 31 heavy (non-hydrogen) atoms. The zero-order chi connectivity index (χ0) is 22.8. The van der Waals surface area contributed by atoms with E-state index in [1.165, 1.54) is 25.1 Å². The standard InChI is InChI=1S/C22H19F3N2O3S/c1-14-10-17(22(23,24)25)13-18(11-14)26-21(28)19-12-16(15-6-4-3-5-7-15)8-9-20(19)27-31(2,29)30/h3-13,27H,1-2H3,(H,26,28). The van der Waals surface area contributed by atoms with Gasteiger partial charge in [0.05, 0.1) is 23.1 Å². The van der Waals surface area contributed by atoms with Crippen molar-refractivity contribution in [2.75, 3.05) is 16.3 Å². The fourth-order valence-electron chi connectivity index (χ4n) is 3.05. The predicted molar refractivity (Wildman–Crippen MR) is 114 cm³/mol. The Morgan fingerprint density at radius 1 is 0.903 bits per heavy atom. The van der Waals surface area contributed by atoms with E-state index in [-0.39, 0.29) is 16.9 Å². The van der Waals surface area contributed by atoms with Gasteiger partial charge in [0.1, 0.15) is 0 Å². The van der Waals surface area contributed by atoms with E-state index >= 15 is 0 Å². The van der Waals surface area contributed by atoms with Crippen LogP contribution in [0.2, 0.25) is 0 Å². The van der Waals surface area contributed by atoms with Crippen LogP contribution >= 0.6 is 0 Å². The molecule has 0 aliphatic carbocycles. The van der Waals surface area contributed by atoms with Gasteiger partial charge in [-0.1, -0.05) is 36.4 Å². The first-order valence-corrected chi connectivity index (χ1v) is 11.0. The van der Waals surface area contributed by atoms with Crippen LogP contribution in [0.1, 0.15) is 21.5 Å². The van der Waals surface area contributed by atoms with Crippen LogP contribution in [0.25, 0.3) is 11.1 Å². The SMILES string of the molecule is Cc1cc(NC(=O)c2cc(-c3ccccc3)ccc2NS(C)(=O)=O)cc(C(F)(F)F)c1. The van der Waals surface area contributed by atoms with Gasteiger partial charge in [-0.3, -0.25) is 9.52 Å². The number of rotatable bonds is 5. The largest absolute Gasteiger partial charge is 0.416 e. The van der Waals surface area contributed by atoms with Crippen LogP contribution in [-0.2, 0) is 16.2 Å². The monoisotopic (exact) mass is 448 g/mol. The van der Waals surface area contributed by atoms with E-state index in [9.17, 15) is 26.4 Å². The van der Waals surface area contributed by atoms with Crippen LogP contribution in [0.4, 0.5) is 24.5 Å². The van der Waals surface area contributed by atoms with Crippen LogP contribution in [-0.4, -0.2) is 20.6 Å². The van der Waals surface area contributed by atoms with Gasteiger partial charge in [-0.05, 0) is 53.9 Å². The zero-order valence-corrected chi connectivity index (χ0v) is 17.4. The second kappa shape index (κ2) is 8.43. The minimum Gasteiger partial charge on any atom is -0.322 e. The molecule has 1 amide bonds. The quantitative estimate of drug-likeness (QED) is 0.556. The van der Waals surface area contributed by atoms with E-state index in [1.54, 1.807) is 6.07 Å². The van der Waals surface area contributed by atoms with Crippen molar-refractivity contribution in [2.24, 2.45) is 0 Å². The zero-order valence-electron chi connectivity index (χ0n) is 16.6. The minimum atomic E-state index is -4.57. The lowest BCUT2D eigenvalue weighted by molar-refractivity contribution is -0.137. The van der Waals surface area contributed by atoms with Crippen molar-refractivity contribution in [1.29, 1.82) is 0 Å². The fraction of sp³-hybridized carbons (Fsp3) is 0.136. The molecule has 0 unspecified atom stereocenters. The summed E-state index contributed by atoms with van der Waals surface area (Å²) in [4.78, 5) is 12.9. The summed E-state index contributed by atoms with van der Waals surface area (Å²) in [6, 6.07) is 16.9. The van der Waals surface area contributed by atoms with E-state index in [1.807, 2.05) is 30.3 Å². The van der Waals surface area contributed by atoms with Crippen molar-refractivity contribution < 1.29 is 26.4 Å². The highest BCUT2D eigenvalue weighted by Gasteiger charge is 2.31. The van der Waals surface area contributed by atoms with Crippen LogP contribution in [0, 0.1) is 6.92 Å². The van der Waals surface area contributed by atoms with Crippen molar-refractivity contribution in [1.82, 2.24) is 0 Å². The summed E-state index contributed by atoms with van der Waals surface area (Å²) < 4.78 is 65.0. The number of alkyl halides is 3. The average molecular weight is 448 g/mol. The highest BCUT2D eigenvalue weighted by molar-refractivity contribution is 7.92. The van der Waals surface area contributed by atoms with Crippen LogP contribution in [0.15, 0.2) is 66.7 Å². The second-order valence-corrected chi connectivity index (χ2v) is 8.79. The van der Waals surface area contributed by atoms with Crippen molar-refractivity contribution in [3.63, 3.8) is 0 Å². The fourth-order valence-corrected chi connectivity index (χ4v) is 3.63. The van der Waals surface area contributed by atoms with Gasteiger partial charge in [0.25, 0.3) is 5.91 Å². The first-order chi connectivity index (χ1) is 14.4. The summed E-state index contributed by atoms with van der Waals surface area (Å²) in [5.74, 6) is -0.748. The smallest absolute Gasteiger partial charge is 0.322 e. The topological polar surface area (TPSA) is 75.3 Å². The van der Waals surface area contributed by atoms with Gasteiger partial charge < -0.3 is 5.32 Å². The van der Waals surface area contributed by atoms with Crippen LogP contribution in [0.5, 0.6) is 0 Å². The summed E-state index contributed by atoms with van der Waals surface area (Å²) >= 11 is 0. The lowest BCUT2D eigenvalue weighted by Crippen LogP contribution is -2.18. The first-order valence-electron chi connectivity index (χ1n) is 9.10. The molecule has 3 aromatic rings. The van der Waals surface area contributed by atoms with E-state index in [2.05, 4.69) is 10.0 Å². The Kier molecular flexibility index (Phi) is 6.08. The third-order valence-corrected chi connectivity index (χ3v) is 4.92. The summed E-state index contributed by atoms with van der Waals surface area (Å²) in [6.07, 6.45) is -3.63. The lowest BCUT2D eigenvalue weighted by atomic mass is 10.0. The number of benzene rings is 3. The molecule has 0 bridgehead atoms. The van der Waals surface area contributed by atoms with Crippen molar-refractivity contribution in [3.05, 3.63) is 83.4 Å². The number of hydrogen-bond donors (Lipinski definition) is 2. The number of sulfonamides is 1. The van der Waals surface area contributed by atoms with E-state index < -0.39 is 27.7 Å². The number of carbonyl (C=O) groups excluding carboxylic acids is 1. The molecular weight excluding hydrogens is 429 g/mol. The molecular formula is C22H19F3N2O3S. The molecule has 162 valence electrons. The Morgan fingerprint density at radius 2 is 1.58 bits per heavy atom.